The van der Waals surface area contributed by atoms with Crippen molar-refractivity contribution in [3.8, 4) is 0 Å². The first-order valence-corrected chi connectivity index (χ1v) is 4.04. The van der Waals surface area contributed by atoms with Crippen LogP contribution in [0.5, 0.6) is 0 Å². The van der Waals surface area contributed by atoms with Crippen LogP contribution in [0.1, 0.15) is 18.5 Å². The summed E-state index contributed by atoms with van der Waals surface area (Å²) in [5.74, 6) is 0. The van der Waals surface area contributed by atoms with Gasteiger partial charge >= 0.3 is 0 Å². The molecule has 0 aliphatic carbocycles. The minimum atomic E-state index is -0.576. The molecule has 0 aliphatic rings. The number of aromatic nitrogens is 1. The van der Waals surface area contributed by atoms with Gasteiger partial charge < -0.3 is 10.8 Å². The lowest BCUT2D eigenvalue weighted by Gasteiger charge is -2.13. The monoisotopic (exact) mass is 186 g/mol. The Hall–Kier alpha value is -0.640. The molecule has 0 saturated heterocycles. The minimum absolute atomic E-state index is 0.394. The molecule has 2 unspecified atom stereocenters. The number of aliphatic hydroxyl groups excluding tert-OH is 1. The maximum atomic E-state index is 9.16. The number of nitrogens with two attached hydrogens (primary N) is 1. The van der Waals surface area contributed by atoms with Crippen molar-refractivity contribution in [2.45, 2.75) is 19.1 Å². The van der Waals surface area contributed by atoms with Gasteiger partial charge in [-0.15, -0.1) is 0 Å². The molecule has 2 atom stereocenters. The maximum absolute atomic E-state index is 9.16. The molecule has 0 bridgehead atoms. The van der Waals surface area contributed by atoms with Gasteiger partial charge in [0, 0.05) is 6.20 Å². The molecule has 1 aromatic heterocycles. The fourth-order valence-electron chi connectivity index (χ4n) is 0.863. The zero-order chi connectivity index (χ0) is 9.14. The Morgan fingerprint density at radius 1 is 1.58 bits per heavy atom. The van der Waals surface area contributed by atoms with E-state index in [0.29, 0.717) is 5.15 Å². The van der Waals surface area contributed by atoms with Crippen molar-refractivity contribution in [2.24, 2.45) is 5.73 Å². The predicted octanol–water partition coefficient (Wildman–Crippen LogP) is 1.12. The van der Waals surface area contributed by atoms with Crippen molar-refractivity contribution in [1.82, 2.24) is 4.98 Å². The average molecular weight is 187 g/mol. The van der Waals surface area contributed by atoms with Crippen molar-refractivity contribution in [3.63, 3.8) is 0 Å². The molecular formula is C8H11ClN2O. The summed E-state index contributed by atoms with van der Waals surface area (Å²) in [5.41, 5.74) is 6.44. The molecule has 1 heterocycles. The summed E-state index contributed by atoms with van der Waals surface area (Å²) in [4.78, 5) is 3.86. The van der Waals surface area contributed by atoms with Crippen LogP contribution in [0.25, 0.3) is 0 Å². The average Bonchev–Trinajstić information content (AvgIpc) is 2.04. The molecule has 0 radical (unpaired) electrons. The molecule has 3 N–H and O–H groups in total. The van der Waals surface area contributed by atoms with E-state index in [2.05, 4.69) is 4.98 Å². The lowest BCUT2D eigenvalue weighted by molar-refractivity contribution is 0.164. The fraction of sp³-hybridized carbons (Fsp3) is 0.375. The predicted molar refractivity (Wildman–Crippen MR) is 47.9 cm³/mol. The normalized spacial score (nSPS) is 15.7. The first-order valence-electron chi connectivity index (χ1n) is 3.66. The van der Waals surface area contributed by atoms with E-state index < -0.39 is 12.1 Å². The zero-order valence-corrected chi connectivity index (χ0v) is 7.49. The molecule has 0 fully saturated rings. The third-order valence-electron chi connectivity index (χ3n) is 1.65. The molecule has 3 nitrogen and oxygen atoms in total. The Labute approximate surface area is 76.2 Å². The highest BCUT2D eigenvalue weighted by Gasteiger charge is 2.11. The number of pyridine rings is 1. The van der Waals surface area contributed by atoms with E-state index in [1.54, 1.807) is 25.3 Å². The summed E-state index contributed by atoms with van der Waals surface area (Å²) in [7, 11) is 0. The lowest BCUT2D eigenvalue weighted by atomic mass is 10.1. The molecule has 0 saturated carbocycles. The lowest BCUT2D eigenvalue weighted by Crippen LogP contribution is -2.23. The van der Waals surface area contributed by atoms with Crippen molar-refractivity contribution in [3.05, 3.63) is 29.0 Å². The van der Waals surface area contributed by atoms with Gasteiger partial charge in [0.05, 0.1) is 12.1 Å². The van der Waals surface area contributed by atoms with Crippen LogP contribution in [0.15, 0.2) is 18.3 Å². The van der Waals surface area contributed by atoms with E-state index in [1.165, 1.54) is 0 Å². The molecule has 0 spiro atoms. The van der Waals surface area contributed by atoms with Gasteiger partial charge in [0.15, 0.2) is 0 Å². The van der Waals surface area contributed by atoms with Gasteiger partial charge in [-0.05, 0) is 18.6 Å². The van der Waals surface area contributed by atoms with Gasteiger partial charge in [-0.2, -0.15) is 0 Å². The second-order valence-electron chi connectivity index (χ2n) is 2.68. The van der Waals surface area contributed by atoms with Crippen LogP contribution in [-0.2, 0) is 0 Å². The maximum Gasteiger partial charge on any atom is 0.129 e. The second kappa shape index (κ2) is 3.85. The van der Waals surface area contributed by atoms with E-state index in [1.807, 2.05) is 0 Å². The van der Waals surface area contributed by atoms with Gasteiger partial charge in [-0.25, -0.2) is 4.98 Å². The third kappa shape index (κ3) is 2.17. The highest BCUT2D eigenvalue weighted by atomic mass is 35.5. The van der Waals surface area contributed by atoms with Crippen molar-refractivity contribution < 1.29 is 5.11 Å². The Morgan fingerprint density at radius 3 is 2.67 bits per heavy atom. The van der Waals surface area contributed by atoms with Gasteiger partial charge in [-0.1, -0.05) is 17.7 Å². The number of rotatable bonds is 2. The molecule has 1 rings (SSSR count). The van der Waals surface area contributed by atoms with Crippen LogP contribution < -0.4 is 5.73 Å². The number of nitrogens with zero attached hydrogens (tertiary/aromatic N) is 1. The Morgan fingerprint density at radius 2 is 2.25 bits per heavy atom. The summed E-state index contributed by atoms with van der Waals surface area (Å²) in [6, 6.07) is 3.01. The minimum Gasteiger partial charge on any atom is -0.391 e. The van der Waals surface area contributed by atoms with Crippen LogP contribution in [-0.4, -0.2) is 16.2 Å². The molecule has 12 heavy (non-hydrogen) atoms. The summed E-state index contributed by atoms with van der Waals surface area (Å²) >= 11 is 5.58. The van der Waals surface area contributed by atoms with Crippen LogP contribution in [0.3, 0.4) is 0 Å². The zero-order valence-electron chi connectivity index (χ0n) is 6.74. The summed E-state index contributed by atoms with van der Waals surface area (Å²) in [5, 5.41) is 9.59. The van der Waals surface area contributed by atoms with E-state index in [-0.39, 0.29) is 0 Å². The van der Waals surface area contributed by atoms with Gasteiger partial charge in [0.1, 0.15) is 5.15 Å². The molecule has 0 amide bonds. The van der Waals surface area contributed by atoms with Gasteiger partial charge in [-0.3, -0.25) is 0 Å². The van der Waals surface area contributed by atoms with Crippen LogP contribution in [0.4, 0.5) is 0 Å². The van der Waals surface area contributed by atoms with Crippen LogP contribution in [0.2, 0.25) is 5.15 Å². The highest BCUT2D eigenvalue weighted by molar-refractivity contribution is 6.29. The molecule has 0 aliphatic heterocycles. The Bertz CT molecular complexity index is 248. The molecule has 0 aromatic carbocycles. The number of halogens is 1. The molecule has 66 valence electrons. The second-order valence-corrected chi connectivity index (χ2v) is 3.07. The summed E-state index contributed by atoms with van der Waals surface area (Å²) in [6.07, 6.45) is 0.993. The first-order chi connectivity index (χ1) is 5.61. The fourth-order valence-corrected chi connectivity index (χ4v) is 0.975. The molecule has 1 aromatic rings. The number of aliphatic hydroxyl groups is 1. The Kier molecular flexibility index (Phi) is 3.03. The summed E-state index contributed by atoms with van der Waals surface area (Å²) in [6.45, 7) is 1.64. The highest BCUT2D eigenvalue weighted by Crippen LogP contribution is 2.14. The van der Waals surface area contributed by atoms with E-state index in [0.717, 1.165) is 5.56 Å². The smallest absolute Gasteiger partial charge is 0.129 e. The van der Waals surface area contributed by atoms with E-state index in [9.17, 15) is 0 Å². The summed E-state index contributed by atoms with van der Waals surface area (Å²) < 4.78 is 0. The van der Waals surface area contributed by atoms with Crippen LogP contribution in [0, 0.1) is 0 Å². The SMILES string of the molecule is CC(O)C(N)c1ccc(Cl)nc1. The van der Waals surface area contributed by atoms with Crippen LogP contribution >= 0.6 is 11.6 Å². The van der Waals surface area contributed by atoms with Crippen molar-refractivity contribution in [2.75, 3.05) is 0 Å². The topological polar surface area (TPSA) is 59.1 Å². The van der Waals surface area contributed by atoms with E-state index in [4.69, 9.17) is 22.4 Å². The number of hydrogen-bond donors (Lipinski definition) is 2. The van der Waals surface area contributed by atoms with Gasteiger partial charge in [0.25, 0.3) is 0 Å². The van der Waals surface area contributed by atoms with Gasteiger partial charge in [0.2, 0.25) is 0 Å². The quantitative estimate of drug-likeness (QED) is 0.681. The molecular weight excluding hydrogens is 176 g/mol. The van der Waals surface area contributed by atoms with Crippen molar-refractivity contribution >= 4 is 11.6 Å². The largest absolute Gasteiger partial charge is 0.391 e. The third-order valence-corrected chi connectivity index (χ3v) is 1.88. The standard InChI is InChI=1S/C8H11ClN2O/c1-5(12)8(10)6-2-3-7(9)11-4-6/h2-5,8,12H,10H2,1H3. The number of hydrogen-bond acceptors (Lipinski definition) is 3. The molecule has 4 heteroatoms. The first kappa shape index (κ1) is 9.45. The van der Waals surface area contributed by atoms with E-state index >= 15 is 0 Å². The van der Waals surface area contributed by atoms with Crippen molar-refractivity contribution in [1.29, 1.82) is 0 Å². The Balaban J connectivity index is 2.82.